The molecule has 0 aliphatic carbocycles. The topological polar surface area (TPSA) is 52.7 Å². The van der Waals surface area contributed by atoms with Crippen LogP contribution in [0, 0.1) is 5.92 Å². The number of hydrogen-bond acceptors (Lipinski definition) is 3. The second-order valence-corrected chi connectivity index (χ2v) is 6.57. The zero-order valence-electron chi connectivity index (χ0n) is 12.8. The van der Waals surface area contributed by atoms with Gasteiger partial charge in [-0.05, 0) is 47.4 Å². The van der Waals surface area contributed by atoms with Crippen LogP contribution in [-0.4, -0.2) is 49.4 Å². The summed E-state index contributed by atoms with van der Waals surface area (Å²) in [6.07, 6.45) is 1.55. The third-order valence-corrected chi connectivity index (χ3v) is 4.97. The summed E-state index contributed by atoms with van der Waals surface area (Å²) in [4.78, 5) is 28.9. The van der Waals surface area contributed by atoms with Gasteiger partial charge in [-0.15, -0.1) is 12.4 Å². The zero-order valence-corrected chi connectivity index (χ0v) is 15.2. The summed E-state index contributed by atoms with van der Waals surface area (Å²) in [7, 11) is 0. The maximum Gasteiger partial charge on any atom is 0.239 e. The van der Waals surface area contributed by atoms with Crippen LogP contribution in [0.15, 0.2) is 28.7 Å². The minimum absolute atomic E-state index is 0. The first-order chi connectivity index (χ1) is 10.7. The first kappa shape index (κ1) is 18.2. The van der Waals surface area contributed by atoms with E-state index < -0.39 is 5.92 Å². The molecule has 5 nitrogen and oxygen atoms in total. The molecule has 23 heavy (non-hydrogen) atoms. The number of carbonyl (C=O) groups is 2. The van der Waals surface area contributed by atoms with Crippen LogP contribution >= 0.6 is 28.3 Å². The molecule has 1 aromatic rings. The number of rotatable bonds is 2. The van der Waals surface area contributed by atoms with Crippen molar-refractivity contribution in [2.45, 2.75) is 12.8 Å². The fourth-order valence-electron chi connectivity index (χ4n) is 3.11. The summed E-state index contributed by atoms with van der Waals surface area (Å²) < 4.78 is 0.885. The summed E-state index contributed by atoms with van der Waals surface area (Å²) in [6, 6.07) is 7.65. The SMILES string of the molecule is Cl.O=C(C1CCN(c2ccccc2Br)C1=O)N1CCCNCC1. The number of halogens is 2. The van der Waals surface area contributed by atoms with Crippen LogP contribution in [0.25, 0.3) is 0 Å². The fraction of sp³-hybridized carbons (Fsp3) is 0.500. The van der Waals surface area contributed by atoms with E-state index in [2.05, 4.69) is 21.2 Å². The first-order valence-electron chi connectivity index (χ1n) is 7.74. The van der Waals surface area contributed by atoms with Gasteiger partial charge in [-0.3, -0.25) is 9.59 Å². The molecule has 1 unspecified atom stereocenters. The molecule has 2 aliphatic heterocycles. The van der Waals surface area contributed by atoms with Gasteiger partial charge >= 0.3 is 0 Å². The van der Waals surface area contributed by atoms with Crippen molar-refractivity contribution in [2.24, 2.45) is 5.92 Å². The highest BCUT2D eigenvalue weighted by atomic mass is 79.9. The van der Waals surface area contributed by atoms with Gasteiger partial charge in [-0.25, -0.2) is 0 Å². The van der Waals surface area contributed by atoms with E-state index in [0.717, 1.165) is 36.2 Å². The lowest BCUT2D eigenvalue weighted by Crippen LogP contribution is -2.41. The van der Waals surface area contributed by atoms with Crippen molar-refractivity contribution in [3.63, 3.8) is 0 Å². The Morgan fingerprint density at radius 3 is 2.74 bits per heavy atom. The lowest BCUT2D eigenvalue weighted by Gasteiger charge is -2.23. The summed E-state index contributed by atoms with van der Waals surface area (Å²) in [5.74, 6) is -0.609. The molecule has 0 bridgehead atoms. The molecular formula is C16H21BrClN3O2. The number of amides is 2. The number of nitrogens with zero attached hydrogens (tertiary/aromatic N) is 2. The van der Waals surface area contributed by atoms with Gasteiger partial charge in [0.1, 0.15) is 5.92 Å². The Morgan fingerprint density at radius 1 is 1.17 bits per heavy atom. The second-order valence-electron chi connectivity index (χ2n) is 5.71. The Bertz CT molecular complexity index is 576. The van der Waals surface area contributed by atoms with Crippen molar-refractivity contribution >= 4 is 45.8 Å². The maximum atomic E-state index is 12.7. The van der Waals surface area contributed by atoms with E-state index in [9.17, 15) is 9.59 Å². The van der Waals surface area contributed by atoms with Gasteiger partial charge in [0, 0.05) is 30.7 Å². The van der Waals surface area contributed by atoms with Crippen molar-refractivity contribution < 1.29 is 9.59 Å². The maximum absolute atomic E-state index is 12.7. The van der Waals surface area contributed by atoms with Crippen molar-refractivity contribution in [2.75, 3.05) is 37.6 Å². The van der Waals surface area contributed by atoms with Crippen molar-refractivity contribution in [3.8, 4) is 0 Å². The highest BCUT2D eigenvalue weighted by molar-refractivity contribution is 9.10. The molecule has 2 amide bonds. The molecule has 2 aliphatic rings. The molecule has 2 saturated heterocycles. The molecule has 1 atom stereocenters. The normalized spacial score (nSPS) is 21.8. The van der Waals surface area contributed by atoms with Crippen LogP contribution in [-0.2, 0) is 9.59 Å². The van der Waals surface area contributed by atoms with Gasteiger partial charge in [0.05, 0.1) is 5.69 Å². The van der Waals surface area contributed by atoms with E-state index >= 15 is 0 Å². The van der Waals surface area contributed by atoms with E-state index in [1.807, 2.05) is 29.2 Å². The molecular weight excluding hydrogens is 382 g/mol. The second kappa shape index (κ2) is 8.13. The molecule has 0 aromatic heterocycles. The third-order valence-electron chi connectivity index (χ3n) is 4.30. The Balaban J connectivity index is 0.00000192. The van der Waals surface area contributed by atoms with Crippen LogP contribution in [0.2, 0.25) is 0 Å². The van der Waals surface area contributed by atoms with Gasteiger partial charge < -0.3 is 15.1 Å². The van der Waals surface area contributed by atoms with Crippen LogP contribution in [0.1, 0.15) is 12.8 Å². The average molecular weight is 403 g/mol. The van der Waals surface area contributed by atoms with Crippen molar-refractivity contribution in [3.05, 3.63) is 28.7 Å². The van der Waals surface area contributed by atoms with Crippen molar-refractivity contribution in [1.82, 2.24) is 10.2 Å². The van der Waals surface area contributed by atoms with Gasteiger partial charge in [0.25, 0.3) is 0 Å². The van der Waals surface area contributed by atoms with Crippen LogP contribution in [0.3, 0.4) is 0 Å². The van der Waals surface area contributed by atoms with Gasteiger partial charge in [-0.1, -0.05) is 12.1 Å². The Kier molecular flexibility index (Phi) is 6.44. The molecule has 1 N–H and O–H groups in total. The molecule has 2 fully saturated rings. The Hall–Kier alpha value is -1.11. The molecule has 2 heterocycles. The van der Waals surface area contributed by atoms with E-state index in [1.165, 1.54) is 0 Å². The third kappa shape index (κ3) is 3.87. The number of benzene rings is 1. The fourth-order valence-corrected chi connectivity index (χ4v) is 3.60. The van der Waals surface area contributed by atoms with Gasteiger partial charge in [0.2, 0.25) is 11.8 Å². The number of anilines is 1. The number of para-hydroxylation sites is 1. The predicted molar refractivity (Wildman–Crippen MR) is 95.9 cm³/mol. The standard InChI is InChI=1S/C16H20BrN3O2.ClH/c17-13-4-1-2-5-14(13)20-10-6-12(16(20)22)15(21)19-9-3-7-18-8-11-19;/h1-2,4-5,12,18H,3,6-11H2;1H. The lowest BCUT2D eigenvalue weighted by molar-refractivity contribution is -0.139. The largest absolute Gasteiger partial charge is 0.341 e. The summed E-state index contributed by atoms with van der Waals surface area (Å²) in [5, 5.41) is 3.28. The number of nitrogens with one attached hydrogen (secondary N) is 1. The monoisotopic (exact) mass is 401 g/mol. The van der Waals surface area contributed by atoms with E-state index in [-0.39, 0.29) is 24.2 Å². The summed E-state index contributed by atoms with van der Waals surface area (Å²) in [6.45, 7) is 3.78. The molecule has 0 radical (unpaired) electrons. The minimum atomic E-state index is -0.523. The summed E-state index contributed by atoms with van der Waals surface area (Å²) >= 11 is 3.48. The Labute approximate surface area is 150 Å². The van der Waals surface area contributed by atoms with Crippen LogP contribution < -0.4 is 10.2 Å². The molecule has 0 saturated carbocycles. The van der Waals surface area contributed by atoms with E-state index in [0.29, 0.717) is 19.5 Å². The summed E-state index contributed by atoms with van der Waals surface area (Å²) in [5.41, 5.74) is 0.848. The first-order valence-corrected chi connectivity index (χ1v) is 8.53. The molecule has 0 spiro atoms. The lowest BCUT2D eigenvalue weighted by atomic mass is 10.1. The zero-order chi connectivity index (χ0) is 15.5. The highest BCUT2D eigenvalue weighted by Crippen LogP contribution is 2.32. The number of carbonyl (C=O) groups excluding carboxylic acids is 2. The predicted octanol–water partition coefficient (Wildman–Crippen LogP) is 2.05. The van der Waals surface area contributed by atoms with Crippen LogP contribution in [0.4, 0.5) is 5.69 Å². The highest BCUT2D eigenvalue weighted by Gasteiger charge is 2.40. The molecule has 1 aromatic carbocycles. The van der Waals surface area contributed by atoms with Crippen LogP contribution in [0.5, 0.6) is 0 Å². The van der Waals surface area contributed by atoms with E-state index in [1.54, 1.807) is 4.90 Å². The molecule has 126 valence electrons. The van der Waals surface area contributed by atoms with Gasteiger partial charge in [0.15, 0.2) is 0 Å². The van der Waals surface area contributed by atoms with E-state index in [4.69, 9.17) is 0 Å². The molecule has 3 rings (SSSR count). The molecule has 7 heteroatoms. The Morgan fingerprint density at radius 2 is 1.96 bits per heavy atom. The van der Waals surface area contributed by atoms with Crippen molar-refractivity contribution in [1.29, 1.82) is 0 Å². The number of hydrogen-bond donors (Lipinski definition) is 1. The van der Waals surface area contributed by atoms with Gasteiger partial charge in [-0.2, -0.15) is 0 Å². The quantitative estimate of drug-likeness (QED) is 0.770. The average Bonchev–Trinajstić information content (AvgIpc) is 2.75. The smallest absolute Gasteiger partial charge is 0.239 e. The minimum Gasteiger partial charge on any atom is -0.341 e.